The molecule has 0 fully saturated rings. The zero-order chi connectivity index (χ0) is 46.1. The molecule has 320 valence electrons. The summed E-state index contributed by atoms with van der Waals surface area (Å²) in [5.74, 6) is 0.219. The third kappa shape index (κ3) is 7.38. The molecule has 11 rings (SSSR count). The second-order valence-electron chi connectivity index (χ2n) is 17.6. The van der Waals surface area contributed by atoms with E-state index in [1.54, 1.807) is 0 Å². The van der Waals surface area contributed by atoms with Crippen LogP contribution in [0.3, 0.4) is 0 Å². The van der Waals surface area contributed by atoms with Crippen LogP contribution in [0.4, 0.5) is 28.4 Å². The minimum Gasteiger partial charge on any atom is -0.311 e. The van der Waals surface area contributed by atoms with E-state index in [0.29, 0.717) is 22.3 Å². The van der Waals surface area contributed by atoms with Crippen molar-refractivity contribution in [3.8, 4) is 24.3 Å². The Labute approximate surface area is 396 Å². The summed E-state index contributed by atoms with van der Waals surface area (Å²) in [6.45, 7) is 0. The lowest BCUT2D eigenvalue weighted by atomic mass is 9.60. The van der Waals surface area contributed by atoms with Crippen molar-refractivity contribution >= 4 is 44.8 Å². The Hall–Kier alpha value is -9.20. The molecule has 0 radical (unpaired) electrons. The fourth-order valence-electron chi connectivity index (χ4n) is 10.8. The molecule has 0 bridgehead atoms. The molecule has 68 heavy (non-hydrogen) atoms. The Morgan fingerprint density at radius 2 is 1.03 bits per heavy atom. The highest BCUT2D eigenvalue weighted by atomic mass is 15.2. The molecule has 0 saturated carbocycles. The van der Waals surface area contributed by atoms with Crippen molar-refractivity contribution < 1.29 is 0 Å². The van der Waals surface area contributed by atoms with Gasteiger partial charge in [0.25, 0.3) is 0 Å². The second-order valence-corrected chi connectivity index (χ2v) is 17.6. The van der Waals surface area contributed by atoms with Crippen LogP contribution in [-0.4, -0.2) is 0 Å². The number of nitrogens with zero attached hydrogens (tertiary/aromatic N) is 6. The molecule has 3 unspecified atom stereocenters. The Morgan fingerprint density at radius 1 is 0.485 bits per heavy atom. The Bertz CT molecular complexity index is 3400. The summed E-state index contributed by atoms with van der Waals surface area (Å²) in [6.07, 6.45) is 19.2. The Kier molecular flexibility index (Phi) is 10.8. The third-order valence-corrected chi connectivity index (χ3v) is 13.9. The molecule has 7 aromatic carbocycles. The third-order valence-electron chi connectivity index (χ3n) is 13.9. The predicted molar refractivity (Wildman–Crippen MR) is 271 cm³/mol. The van der Waals surface area contributed by atoms with E-state index in [0.717, 1.165) is 64.3 Å². The first-order chi connectivity index (χ1) is 33.5. The smallest absolute Gasteiger partial charge is 0.0991 e. The Balaban J connectivity index is 1.18. The van der Waals surface area contributed by atoms with E-state index in [4.69, 9.17) is 0 Å². The summed E-state index contributed by atoms with van der Waals surface area (Å²) in [6, 6.07) is 62.1. The molecule has 4 aliphatic rings. The molecule has 0 aromatic heterocycles. The van der Waals surface area contributed by atoms with Crippen LogP contribution in [0.1, 0.15) is 64.1 Å². The van der Waals surface area contributed by atoms with Gasteiger partial charge in [0.05, 0.1) is 46.5 Å². The number of anilines is 5. The molecule has 7 aromatic rings. The molecule has 0 spiro atoms. The summed E-state index contributed by atoms with van der Waals surface area (Å²) in [5, 5.41) is 41.4. The summed E-state index contributed by atoms with van der Waals surface area (Å²) in [4.78, 5) is 4.46. The van der Waals surface area contributed by atoms with Crippen molar-refractivity contribution in [1.82, 2.24) is 0 Å². The topological polar surface area (TPSA) is 102 Å². The van der Waals surface area contributed by atoms with Crippen LogP contribution in [0.15, 0.2) is 223 Å². The van der Waals surface area contributed by atoms with Crippen molar-refractivity contribution in [1.29, 1.82) is 21.0 Å². The van der Waals surface area contributed by atoms with E-state index in [9.17, 15) is 21.0 Å². The second kappa shape index (κ2) is 17.6. The van der Waals surface area contributed by atoms with Crippen LogP contribution in [0.25, 0.3) is 16.3 Å². The quantitative estimate of drug-likeness (QED) is 0.151. The minimum atomic E-state index is -0.0501. The number of fused-ring (bicyclic) bond motifs is 3. The van der Waals surface area contributed by atoms with Gasteiger partial charge in [-0.25, -0.2) is 0 Å². The van der Waals surface area contributed by atoms with Crippen LogP contribution in [0.2, 0.25) is 0 Å². The van der Waals surface area contributed by atoms with Gasteiger partial charge < -0.3 is 9.80 Å². The van der Waals surface area contributed by atoms with Crippen molar-refractivity contribution in [2.75, 3.05) is 9.80 Å². The minimum absolute atomic E-state index is 0.0501. The van der Waals surface area contributed by atoms with Crippen LogP contribution in [0.5, 0.6) is 0 Å². The summed E-state index contributed by atoms with van der Waals surface area (Å²) < 4.78 is 0. The summed E-state index contributed by atoms with van der Waals surface area (Å²) >= 11 is 0. The highest BCUT2D eigenvalue weighted by Gasteiger charge is 2.42. The van der Waals surface area contributed by atoms with Gasteiger partial charge in [-0.2, -0.15) is 21.0 Å². The molecular weight excluding hydrogens is 829 g/mol. The molecule has 6 heteroatoms. The van der Waals surface area contributed by atoms with Crippen LogP contribution in [0, 0.1) is 57.2 Å². The first-order valence-electron chi connectivity index (χ1n) is 23.0. The number of rotatable bonds is 8. The lowest BCUT2D eigenvalue weighted by Gasteiger charge is -2.44. The molecule has 4 aliphatic carbocycles. The number of allylic oxidation sites excluding steroid dienone is 10. The maximum Gasteiger partial charge on any atom is 0.0991 e. The lowest BCUT2D eigenvalue weighted by molar-refractivity contribution is 0.406. The SMILES string of the molecule is N#Cc1ccc(N(C2=CC3C(=C(c4cccc5ccccc45)c4cc(N(c5ccc(C#N)cc5)c5ccc(C#N)cc5)ccc4C3C3CC=CC4=C3CCC=C4)C=C2)c2ccc(C#N)cc2)cc1. The number of hydrogen-bond donors (Lipinski definition) is 0. The fraction of sp³-hybridized carbons (Fsp3) is 0.0968. The maximum absolute atomic E-state index is 9.76. The van der Waals surface area contributed by atoms with Gasteiger partial charge in [0, 0.05) is 46.0 Å². The van der Waals surface area contributed by atoms with Crippen molar-refractivity contribution in [3.05, 3.63) is 262 Å². The van der Waals surface area contributed by atoms with Gasteiger partial charge >= 0.3 is 0 Å². The maximum atomic E-state index is 9.76. The predicted octanol–water partition coefficient (Wildman–Crippen LogP) is 14.8. The first kappa shape index (κ1) is 41.5. The molecule has 0 aliphatic heterocycles. The highest BCUT2D eigenvalue weighted by molar-refractivity contribution is 6.01. The monoisotopic (exact) mass is 870 g/mol. The number of hydrogen-bond acceptors (Lipinski definition) is 6. The summed E-state index contributed by atoms with van der Waals surface area (Å²) in [5.41, 5.74) is 16.8. The molecule has 0 saturated heterocycles. The molecular formula is C62H42N6. The van der Waals surface area contributed by atoms with E-state index in [1.807, 2.05) is 97.1 Å². The van der Waals surface area contributed by atoms with Gasteiger partial charge in [-0.05, 0) is 185 Å². The van der Waals surface area contributed by atoms with Gasteiger partial charge in [-0.15, -0.1) is 0 Å². The largest absolute Gasteiger partial charge is 0.311 e. The zero-order valence-electron chi connectivity index (χ0n) is 37.1. The molecule has 0 amide bonds. The van der Waals surface area contributed by atoms with Gasteiger partial charge in [0.1, 0.15) is 0 Å². The number of nitriles is 4. The average molecular weight is 871 g/mol. The van der Waals surface area contributed by atoms with Crippen LogP contribution >= 0.6 is 0 Å². The first-order valence-corrected chi connectivity index (χ1v) is 23.0. The van der Waals surface area contributed by atoms with Gasteiger partial charge in [-0.1, -0.05) is 90.6 Å². The summed E-state index contributed by atoms with van der Waals surface area (Å²) in [7, 11) is 0. The van der Waals surface area contributed by atoms with Gasteiger partial charge in [0.2, 0.25) is 0 Å². The normalized spacial score (nSPS) is 17.7. The van der Waals surface area contributed by atoms with Crippen molar-refractivity contribution in [2.45, 2.75) is 25.2 Å². The zero-order valence-corrected chi connectivity index (χ0v) is 37.1. The van der Waals surface area contributed by atoms with E-state index in [-0.39, 0.29) is 17.8 Å². The van der Waals surface area contributed by atoms with Crippen molar-refractivity contribution in [3.63, 3.8) is 0 Å². The van der Waals surface area contributed by atoms with E-state index >= 15 is 0 Å². The fourth-order valence-corrected chi connectivity index (χ4v) is 10.8. The highest BCUT2D eigenvalue weighted by Crippen LogP contribution is 2.57. The van der Waals surface area contributed by atoms with E-state index in [1.165, 1.54) is 38.8 Å². The molecule has 6 nitrogen and oxygen atoms in total. The van der Waals surface area contributed by atoms with Crippen LogP contribution in [-0.2, 0) is 0 Å². The van der Waals surface area contributed by atoms with Crippen LogP contribution < -0.4 is 9.80 Å². The van der Waals surface area contributed by atoms with E-state index in [2.05, 4.69) is 137 Å². The molecule has 0 heterocycles. The van der Waals surface area contributed by atoms with Crippen molar-refractivity contribution in [2.24, 2.45) is 11.8 Å². The van der Waals surface area contributed by atoms with Gasteiger partial charge in [-0.3, -0.25) is 0 Å². The Morgan fingerprint density at radius 3 is 1.63 bits per heavy atom. The van der Waals surface area contributed by atoms with E-state index < -0.39 is 0 Å². The lowest BCUT2D eigenvalue weighted by Crippen LogP contribution is -2.32. The standard InChI is InChI=1S/C62H42N6/c63-37-41-15-23-47(24-16-41)67(48-25-17-42(38-64)18-26-48)51-32-34-58-59(35-51)61(55-13-5-9-45-7-1-3-11-53(45)55)57-33-31-52(36-60(57)62(58)56-14-6-10-46-8-2-4-12-54(46)56)68(49-27-19-43(39-65)20-28-49)50-29-21-44(40-66)22-30-50/h1-3,5-11,13,15-36,56,60,62H,4,12,14H2. The molecule has 0 N–H and O–H groups in total. The average Bonchev–Trinajstić information content (AvgIpc) is 3.41. The molecule has 3 atom stereocenters. The number of benzene rings is 7. The van der Waals surface area contributed by atoms with Gasteiger partial charge in [0.15, 0.2) is 0 Å².